The number of benzene rings is 2. The van der Waals surface area contributed by atoms with E-state index >= 15 is 0 Å². The number of piperidine rings is 1. The molecule has 1 fully saturated rings. The molecule has 0 saturated carbocycles. The first kappa shape index (κ1) is 20.4. The summed E-state index contributed by atoms with van der Waals surface area (Å²) in [5, 5.41) is 14.3. The average molecular weight is 383 g/mol. The average Bonchev–Trinajstić information content (AvgIpc) is 2.73. The molecular formula is C23H30N2O3. The molecule has 0 unspecified atom stereocenters. The fourth-order valence-corrected chi connectivity index (χ4v) is 3.66. The summed E-state index contributed by atoms with van der Waals surface area (Å²) in [6.45, 7) is 4.53. The summed E-state index contributed by atoms with van der Waals surface area (Å²) in [6, 6.07) is 19.8. The number of amides is 1. The number of carbonyl (C=O) groups is 1. The number of carbonyl (C=O) groups excluding carboxylic acids is 1. The highest BCUT2D eigenvalue weighted by atomic mass is 16.6. The molecule has 2 atom stereocenters. The van der Waals surface area contributed by atoms with Crippen LogP contribution in [0.2, 0.25) is 0 Å². The normalized spacial score (nSPS) is 19.1. The maximum absolute atomic E-state index is 12.4. The van der Waals surface area contributed by atoms with E-state index in [1.165, 1.54) is 5.56 Å². The lowest BCUT2D eigenvalue weighted by Gasteiger charge is -2.40. The van der Waals surface area contributed by atoms with Crippen molar-refractivity contribution in [2.75, 3.05) is 19.6 Å². The predicted octanol–water partition coefficient (Wildman–Crippen LogP) is 3.58. The van der Waals surface area contributed by atoms with E-state index in [4.69, 9.17) is 4.74 Å². The number of ether oxygens (including phenoxy) is 1. The Morgan fingerprint density at radius 3 is 2.46 bits per heavy atom. The highest BCUT2D eigenvalue weighted by Crippen LogP contribution is 2.27. The zero-order valence-corrected chi connectivity index (χ0v) is 16.5. The van der Waals surface area contributed by atoms with Crippen LogP contribution >= 0.6 is 0 Å². The molecule has 0 spiro atoms. The maximum Gasteiger partial charge on any atom is 0.410 e. The first-order valence-electron chi connectivity index (χ1n) is 9.97. The van der Waals surface area contributed by atoms with Crippen LogP contribution in [0.5, 0.6) is 0 Å². The van der Waals surface area contributed by atoms with Crippen LogP contribution in [0.3, 0.4) is 0 Å². The van der Waals surface area contributed by atoms with Crippen molar-refractivity contribution in [3.05, 3.63) is 71.8 Å². The van der Waals surface area contributed by atoms with Crippen molar-refractivity contribution in [1.29, 1.82) is 0 Å². The van der Waals surface area contributed by atoms with Gasteiger partial charge in [0.15, 0.2) is 0 Å². The van der Waals surface area contributed by atoms with E-state index in [-0.39, 0.29) is 18.6 Å². The van der Waals surface area contributed by atoms with Crippen molar-refractivity contribution in [1.82, 2.24) is 10.2 Å². The highest BCUT2D eigenvalue weighted by molar-refractivity contribution is 5.67. The van der Waals surface area contributed by atoms with Crippen molar-refractivity contribution in [3.63, 3.8) is 0 Å². The van der Waals surface area contributed by atoms with E-state index < -0.39 is 5.60 Å². The molecule has 1 saturated heterocycles. The summed E-state index contributed by atoms with van der Waals surface area (Å²) in [5.74, 6) is 0.0220. The SMILES string of the molecule is C[C@@](O)(CNCc1ccccc1)[C@H]1CCCN(C(=O)OCc2ccccc2)C1. The fourth-order valence-electron chi connectivity index (χ4n) is 3.66. The Kier molecular flexibility index (Phi) is 7.06. The molecule has 28 heavy (non-hydrogen) atoms. The third-order valence-electron chi connectivity index (χ3n) is 5.42. The highest BCUT2D eigenvalue weighted by Gasteiger charge is 2.36. The van der Waals surface area contributed by atoms with Gasteiger partial charge in [0, 0.05) is 32.1 Å². The molecule has 2 aromatic rings. The van der Waals surface area contributed by atoms with E-state index in [0.717, 1.165) is 18.4 Å². The number of rotatable bonds is 7. The van der Waals surface area contributed by atoms with Gasteiger partial charge in [0.05, 0.1) is 5.60 Å². The van der Waals surface area contributed by atoms with Gasteiger partial charge >= 0.3 is 6.09 Å². The van der Waals surface area contributed by atoms with Crippen LogP contribution in [0, 0.1) is 5.92 Å². The second-order valence-electron chi connectivity index (χ2n) is 7.77. The molecule has 0 aromatic heterocycles. The van der Waals surface area contributed by atoms with Crippen LogP contribution in [0.15, 0.2) is 60.7 Å². The third kappa shape index (κ3) is 5.81. The molecule has 2 N–H and O–H groups in total. The van der Waals surface area contributed by atoms with Gasteiger partial charge in [-0.15, -0.1) is 0 Å². The standard InChI is InChI=1S/C23H30N2O3/c1-23(27,18-24-15-19-9-4-2-5-10-19)21-13-8-14-25(16-21)22(26)28-17-20-11-6-3-7-12-20/h2-7,9-12,21,24,27H,8,13-18H2,1H3/t21-,23+/m0/s1. The zero-order chi connectivity index (χ0) is 19.8. The van der Waals surface area contributed by atoms with Crippen LogP contribution in [0.4, 0.5) is 4.79 Å². The first-order chi connectivity index (χ1) is 13.5. The molecule has 1 amide bonds. The summed E-state index contributed by atoms with van der Waals surface area (Å²) in [5.41, 5.74) is 1.28. The van der Waals surface area contributed by atoms with Crippen molar-refractivity contribution >= 4 is 6.09 Å². The van der Waals surface area contributed by atoms with Crippen molar-refractivity contribution < 1.29 is 14.6 Å². The second-order valence-corrected chi connectivity index (χ2v) is 7.77. The van der Waals surface area contributed by atoms with Gasteiger partial charge in [-0.05, 0) is 30.9 Å². The minimum absolute atomic E-state index is 0.0220. The second kappa shape index (κ2) is 9.71. The first-order valence-corrected chi connectivity index (χ1v) is 9.97. The molecule has 0 radical (unpaired) electrons. The molecule has 3 rings (SSSR count). The quantitative estimate of drug-likeness (QED) is 0.768. The van der Waals surface area contributed by atoms with Crippen molar-refractivity contribution in [2.24, 2.45) is 5.92 Å². The lowest BCUT2D eigenvalue weighted by Crippen LogP contribution is -2.52. The number of hydrogen-bond donors (Lipinski definition) is 2. The predicted molar refractivity (Wildman–Crippen MR) is 110 cm³/mol. The van der Waals surface area contributed by atoms with Gasteiger partial charge < -0.3 is 20.1 Å². The topological polar surface area (TPSA) is 61.8 Å². The zero-order valence-electron chi connectivity index (χ0n) is 16.5. The third-order valence-corrected chi connectivity index (χ3v) is 5.42. The van der Waals surface area contributed by atoms with E-state index in [2.05, 4.69) is 17.4 Å². The van der Waals surface area contributed by atoms with Gasteiger partial charge in [-0.25, -0.2) is 4.79 Å². The fraction of sp³-hybridized carbons (Fsp3) is 0.435. The number of nitrogens with zero attached hydrogens (tertiary/aromatic N) is 1. The number of nitrogens with one attached hydrogen (secondary N) is 1. The Hall–Kier alpha value is -2.37. The Morgan fingerprint density at radius 1 is 1.14 bits per heavy atom. The van der Waals surface area contributed by atoms with Gasteiger partial charge in [-0.1, -0.05) is 60.7 Å². The lowest BCUT2D eigenvalue weighted by atomic mass is 9.83. The van der Waals surface area contributed by atoms with Gasteiger partial charge in [-0.3, -0.25) is 0 Å². The van der Waals surface area contributed by atoms with Gasteiger partial charge in [0.1, 0.15) is 6.61 Å². The summed E-state index contributed by atoms with van der Waals surface area (Å²) < 4.78 is 5.46. The molecule has 1 heterocycles. The van der Waals surface area contributed by atoms with E-state index in [9.17, 15) is 9.90 Å². The molecule has 150 valence electrons. The molecule has 0 aliphatic carbocycles. The van der Waals surface area contributed by atoms with Crippen molar-refractivity contribution in [3.8, 4) is 0 Å². The summed E-state index contributed by atoms with van der Waals surface area (Å²) in [4.78, 5) is 14.2. The maximum atomic E-state index is 12.4. The van der Waals surface area contributed by atoms with Crippen LogP contribution in [0.25, 0.3) is 0 Å². The Balaban J connectivity index is 1.47. The minimum atomic E-state index is -0.882. The Bertz CT molecular complexity index is 734. The van der Waals surface area contributed by atoms with Gasteiger partial charge in [0.2, 0.25) is 0 Å². The molecule has 0 bridgehead atoms. The van der Waals surface area contributed by atoms with Crippen LogP contribution < -0.4 is 5.32 Å². The van der Waals surface area contributed by atoms with Gasteiger partial charge in [-0.2, -0.15) is 0 Å². The van der Waals surface area contributed by atoms with E-state index in [1.807, 2.05) is 55.5 Å². The molecule has 5 nitrogen and oxygen atoms in total. The van der Waals surface area contributed by atoms with Gasteiger partial charge in [0.25, 0.3) is 0 Å². The summed E-state index contributed by atoms with van der Waals surface area (Å²) >= 11 is 0. The molecule has 2 aromatic carbocycles. The molecule has 1 aliphatic heterocycles. The largest absolute Gasteiger partial charge is 0.445 e. The van der Waals surface area contributed by atoms with E-state index in [1.54, 1.807) is 4.90 Å². The Labute approximate surface area is 167 Å². The molecule has 1 aliphatic rings. The minimum Gasteiger partial charge on any atom is -0.445 e. The number of likely N-dealkylation sites (tertiary alicyclic amines) is 1. The van der Waals surface area contributed by atoms with Crippen molar-refractivity contribution in [2.45, 2.75) is 38.5 Å². The summed E-state index contributed by atoms with van der Waals surface area (Å²) in [6.07, 6.45) is 1.48. The smallest absolute Gasteiger partial charge is 0.410 e. The molecular weight excluding hydrogens is 352 g/mol. The van der Waals surface area contributed by atoms with Crippen LogP contribution in [0.1, 0.15) is 30.9 Å². The number of hydrogen-bond acceptors (Lipinski definition) is 4. The Morgan fingerprint density at radius 2 is 1.79 bits per heavy atom. The lowest BCUT2D eigenvalue weighted by molar-refractivity contribution is -0.0313. The van der Waals surface area contributed by atoms with E-state index in [0.29, 0.717) is 26.2 Å². The summed E-state index contributed by atoms with van der Waals surface area (Å²) in [7, 11) is 0. The molecule has 5 heteroatoms. The monoisotopic (exact) mass is 382 g/mol. The number of aliphatic hydroxyl groups is 1. The van der Waals surface area contributed by atoms with Crippen LogP contribution in [-0.4, -0.2) is 41.3 Å². The van der Waals surface area contributed by atoms with Crippen LogP contribution in [-0.2, 0) is 17.9 Å².